The molecule has 0 atom stereocenters. The van der Waals surface area contributed by atoms with E-state index in [-0.39, 0.29) is 11.0 Å². The fourth-order valence-corrected chi connectivity index (χ4v) is 2.49. The van der Waals surface area contributed by atoms with Crippen LogP contribution in [-0.4, -0.2) is 11.0 Å². The average molecular weight is 354 g/mol. The van der Waals surface area contributed by atoms with Gasteiger partial charge in [0, 0.05) is 21.3 Å². The molecule has 2 rings (SSSR count). The molecule has 0 unspecified atom stereocenters. The summed E-state index contributed by atoms with van der Waals surface area (Å²) in [5, 5.41) is 4.08. The summed E-state index contributed by atoms with van der Waals surface area (Å²) in [7, 11) is 0. The molecule has 0 spiro atoms. The lowest BCUT2D eigenvalue weighted by molar-refractivity contribution is 0.0943. The van der Waals surface area contributed by atoms with Crippen molar-refractivity contribution < 1.29 is 4.79 Å². The first kappa shape index (κ1) is 16.5. The standard InChI is InChI=1S/C15H13Cl2N3OS/c1-9-4-2-3-5-13(9)14(21)19-20-15(22)18-12-7-10(16)6-11(17)8-12/h2-8H,1H3,(H,19,21)(H2,18,20,22). The lowest BCUT2D eigenvalue weighted by atomic mass is 10.1. The van der Waals surface area contributed by atoms with E-state index in [1.54, 1.807) is 30.3 Å². The van der Waals surface area contributed by atoms with Gasteiger partial charge < -0.3 is 5.32 Å². The van der Waals surface area contributed by atoms with Gasteiger partial charge in [0.25, 0.3) is 5.91 Å². The van der Waals surface area contributed by atoms with Crippen molar-refractivity contribution >= 4 is 52.1 Å². The fourth-order valence-electron chi connectivity index (χ4n) is 1.80. The van der Waals surface area contributed by atoms with Gasteiger partial charge in [0.05, 0.1) is 0 Å². The Labute approximate surface area is 143 Å². The molecule has 0 aliphatic rings. The third kappa shape index (κ3) is 4.59. The van der Waals surface area contributed by atoms with Crippen LogP contribution in [0.5, 0.6) is 0 Å². The summed E-state index contributed by atoms with van der Waals surface area (Å²) in [6, 6.07) is 12.2. The first-order chi connectivity index (χ1) is 10.5. The molecule has 0 radical (unpaired) electrons. The summed E-state index contributed by atoms with van der Waals surface area (Å²) < 4.78 is 0. The molecule has 0 aliphatic heterocycles. The van der Waals surface area contributed by atoms with E-state index < -0.39 is 0 Å². The number of halogens is 2. The van der Waals surface area contributed by atoms with Gasteiger partial charge in [-0.2, -0.15) is 0 Å². The topological polar surface area (TPSA) is 53.2 Å². The summed E-state index contributed by atoms with van der Waals surface area (Å²) in [5.74, 6) is -0.272. The maximum absolute atomic E-state index is 12.0. The largest absolute Gasteiger partial charge is 0.331 e. The van der Waals surface area contributed by atoms with E-state index in [9.17, 15) is 4.79 Å². The Bertz CT molecular complexity index is 701. The van der Waals surface area contributed by atoms with Gasteiger partial charge in [0.2, 0.25) is 0 Å². The number of hydrogen-bond acceptors (Lipinski definition) is 2. The SMILES string of the molecule is Cc1ccccc1C(=O)NNC(=S)Nc1cc(Cl)cc(Cl)c1. The highest BCUT2D eigenvalue weighted by molar-refractivity contribution is 7.80. The number of anilines is 1. The molecule has 0 heterocycles. The second-order valence-corrected chi connectivity index (χ2v) is 5.79. The van der Waals surface area contributed by atoms with Crippen LogP contribution >= 0.6 is 35.4 Å². The molecule has 0 bridgehead atoms. The molecular weight excluding hydrogens is 341 g/mol. The Kier molecular flexibility index (Phi) is 5.60. The lowest BCUT2D eigenvalue weighted by Gasteiger charge is -2.13. The molecule has 7 heteroatoms. The molecule has 0 aliphatic carbocycles. The molecule has 0 saturated carbocycles. The number of rotatable bonds is 2. The normalized spacial score (nSPS) is 9.95. The number of amides is 1. The van der Waals surface area contributed by atoms with E-state index in [1.165, 1.54) is 0 Å². The van der Waals surface area contributed by atoms with E-state index in [0.717, 1.165) is 5.56 Å². The second kappa shape index (κ2) is 7.45. The van der Waals surface area contributed by atoms with Crippen LogP contribution in [0, 0.1) is 6.92 Å². The van der Waals surface area contributed by atoms with Gasteiger partial charge in [0.1, 0.15) is 0 Å². The van der Waals surface area contributed by atoms with E-state index in [4.69, 9.17) is 35.4 Å². The van der Waals surface area contributed by atoms with Crippen molar-refractivity contribution in [3.8, 4) is 0 Å². The van der Waals surface area contributed by atoms with Crippen LogP contribution in [0.1, 0.15) is 15.9 Å². The highest BCUT2D eigenvalue weighted by Gasteiger charge is 2.08. The number of nitrogens with one attached hydrogen (secondary N) is 3. The Morgan fingerprint density at radius 1 is 1.05 bits per heavy atom. The number of aryl methyl sites for hydroxylation is 1. The van der Waals surface area contributed by atoms with E-state index in [2.05, 4.69) is 16.2 Å². The van der Waals surface area contributed by atoms with Crippen LogP contribution in [-0.2, 0) is 0 Å². The van der Waals surface area contributed by atoms with Gasteiger partial charge in [-0.1, -0.05) is 41.4 Å². The van der Waals surface area contributed by atoms with Crippen LogP contribution in [0.25, 0.3) is 0 Å². The van der Waals surface area contributed by atoms with Gasteiger partial charge in [0.15, 0.2) is 5.11 Å². The minimum atomic E-state index is -0.272. The summed E-state index contributed by atoms with van der Waals surface area (Å²) in [6.07, 6.45) is 0. The summed E-state index contributed by atoms with van der Waals surface area (Å²) in [5.41, 5.74) is 7.24. The predicted molar refractivity (Wildman–Crippen MR) is 94.5 cm³/mol. The Balaban J connectivity index is 1.93. The van der Waals surface area contributed by atoms with Gasteiger partial charge in [-0.15, -0.1) is 0 Å². The zero-order valence-electron chi connectivity index (χ0n) is 11.6. The molecule has 4 nitrogen and oxygen atoms in total. The van der Waals surface area contributed by atoms with Gasteiger partial charge >= 0.3 is 0 Å². The Morgan fingerprint density at radius 2 is 1.68 bits per heavy atom. The number of hydrazine groups is 1. The van der Waals surface area contributed by atoms with Gasteiger partial charge in [-0.05, 0) is 49.0 Å². The predicted octanol–water partition coefficient (Wildman–Crippen LogP) is 3.93. The van der Waals surface area contributed by atoms with E-state index in [1.807, 2.05) is 19.1 Å². The number of carbonyl (C=O) groups is 1. The second-order valence-electron chi connectivity index (χ2n) is 4.51. The average Bonchev–Trinajstić information content (AvgIpc) is 2.44. The first-order valence-corrected chi connectivity index (χ1v) is 7.51. The van der Waals surface area contributed by atoms with Crippen molar-refractivity contribution in [2.24, 2.45) is 0 Å². The number of carbonyl (C=O) groups excluding carboxylic acids is 1. The smallest absolute Gasteiger partial charge is 0.269 e. The summed E-state index contributed by atoms with van der Waals surface area (Å²) in [6.45, 7) is 1.86. The third-order valence-electron chi connectivity index (χ3n) is 2.80. The molecule has 22 heavy (non-hydrogen) atoms. The lowest BCUT2D eigenvalue weighted by Crippen LogP contribution is -2.43. The zero-order valence-corrected chi connectivity index (χ0v) is 13.9. The molecule has 114 valence electrons. The molecule has 0 aromatic heterocycles. The summed E-state index contributed by atoms with van der Waals surface area (Å²) >= 11 is 16.9. The van der Waals surface area contributed by atoms with Gasteiger partial charge in [-0.3, -0.25) is 15.6 Å². The minimum absolute atomic E-state index is 0.222. The fraction of sp³-hybridized carbons (Fsp3) is 0.0667. The maximum Gasteiger partial charge on any atom is 0.269 e. The quantitative estimate of drug-likeness (QED) is 0.565. The highest BCUT2D eigenvalue weighted by Crippen LogP contribution is 2.22. The van der Waals surface area contributed by atoms with E-state index >= 15 is 0 Å². The van der Waals surface area contributed by atoms with Crippen molar-refractivity contribution in [3.05, 3.63) is 63.6 Å². The van der Waals surface area contributed by atoms with Crippen LogP contribution in [0.15, 0.2) is 42.5 Å². The molecule has 2 aromatic rings. The van der Waals surface area contributed by atoms with Crippen LogP contribution in [0.2, 0.25) is 10.0 Å². The first-order valence-electron chi connectivity index (χ1n) is 6.35. The maximum atomic E-state index is 12.0. The van der Waals surface area contributed by atoms with Crippen molar-refractivity contribution in [2.75, 3.05) is 5.32 Å². The molecule has 0 saturated heterocycles. The molecular formula is C15H13Cl2N3OS. The summed E-state index contributed by atoms with van der Waals surface area (Å²) in [4.78, 5) is 12.0. The number of benzene rings is 2. The molecule has 0 fully saturated rings. The Hall–Kier alpha value is -1.82. The van der Waals surface area contributed by atoms with Crippen molar-refractivity contribution in [1.29, 1.82) is 0 Å². The molecule has 2 aromatic carbocycles. The van der Waals surface area contributed by atoms with Crippen molar-refractivity contribution in [3.63, 3.8) is 0 Å². The highest BCUT2D eigenvalue weighted by atomic mass is 35.5. The number of hydrogen-bond donors (Lipinski definition) is 3. The van der Waals surface area contributed by atoms with Gasteiger partial charge in [-0.25, -0.2) is 0 Å². The Morgan fingerprint density at radius 3 is 2.32 bits per heavy atom. The van der Waals surface area contributed by atoms with Crippen LogP contribution in [0.4, 0.5) is 5.69 Å². The van der Waals surface area contributed by atoms with Crippen molar-refractivity contribution in [2.45, 2.75) is 6.92 Å². The monoisotopic (exact) mass is 353 g/mol. The zero-order chi connectivity index (χ0) is 16.1. The minimum Gasteiger partial charge on any atom is -0.331 e. The van der Waals surface area contributed by atoms with Crippen LogP contribution < -0.4 is 16.2 Å². The number of thiocarbonyl (C=S) groups is 1. The molecule has 1 amide bonds. The third-order valence-corrected chi connectivity index (χ3v) is 3.44. The molecule has 3 N–H and O–H groups in total. The van der Waals surface area contributed by atoms with E-state index in [0.29, 0.717) is 21.3 Å². The van der Waals surface area contributed by atoms with Crippen molar-refractivity contribution in [1.82, 2.24) is 10.9 Å². The van der Waals surface area contributed by atoms with Crippen LogP contribution in [0.3, 0.4) is 0 Å².